The van der Waals surface area contributed by atoms with E-state index in [9.17, 15) is 4.79 Å². The lowest BCUT2D eigenvalue weighted by molar-refractivity contribution is -0.127. The Hall–Kier alpha value is -2.08. The molecule has 1 saturated heterocycles. The summed E-state index contributed by atoms with van der Waals surface area (Å²) < 4.78 is 11.0. The van der Waals surface area contributed by atoms with Crippen LogP contribution in [0.4, 0.5) is 0 Å². The van der Waals surface area contributed by atoms with Crippen LogP contribution in [0.2, 0.25) is 5.02 Å². The number of morpholine rings is 1. The van der Waals surface area contributed by atoms with Crippen molar-refractivity contribution in [2.45, 2.75) is 26.1 Å². The smallest absolute Gasteiger partial charge is 0.261 e. The van der Waals surface area contributed by atoms with Gasteiger partial charge in [-0.2, -0.15) is 0 Å². The highest BCUT2D eigenvalue weighted by Gasteiger charge is 2.16. The van der Waals surface area contributed by atoms with Crippen molar-refractivity contribution in [1.29, 1.82) is 0 Å². The molecule has 1 aliphatic rings. The van der Waals surface area contributed by atoms with E-state index in [1.165, 1.54) is 5.56 Å². The molecule has 1 N–H and O–H groups in total. The molecule has 5 nitrogen and oxygen atoms in total. The SMILES string of the molecule is C[C@@H](Oc1ccccc1Cl)C(=O)NCc1cccc(CN2CCOCC2)c1. The molecule has 27 heavy (non-hydrogen) atoms. The van der Waals surface area contributed by atoms with Crippen LogP contribution in [0, 0.1) is 0 Å². The molecular formula is C21H25ClN2O3. The first-order valence-corrected chi connectivity index (χ1v) is 9.56. The second-order valence-corrected chi connectivity index (χ2v) is 7.02. The monoisotopic (exact) mass is 388 g/mol. The van der Waals surface area contributed by atoms with Crippen LogP contribution in [0.25, 0.3) is 0 Å². The molecular weight excluding hydrogens is 364 g/mol. The second-order valence-electron chi connectivity index (χ2n) is 6.62. The van der Waals surface area contributed by atoms with E-state index in [0.29, 0.717) is 17.3 Å². The average molecular weight is 389 g/mol. The molecule has 0 bridgehead atoms. The predicted octanol–water partition coefficient (Wildman–Crippen LogP) is 3.26. The minimum atomic E-state index is -0.624. The van der Waals surface area contributed by atoms with Gasteiger partial charge in [-0.15, -0.1) is 0 Å². The molecule has 1 heterocycles. The summed E-state index contributed by atoms with van der Waals surface area (Å²) in [5.74, 6) is 0.336. The minimum absolute atomic E-state index is 0.173. The molecule has 2 aromatic rings. The molecule has 1 aliphatic heterocycles. The fraction of sp³-hybridized carbons (Fsp3) is 0.381. The number of amides is 1. The summed E-state index contributed by atoms with van der Waals surface area (Å²) in [6, 6.07) is 15.4. The third-order valence-corrected chi connectivity index (χ3v) is 4.79. The average Bonchev–Trinajstić information content (AvgIpc) is 2.69. The van der Waals surface area contributed by atoms with Gasteiger partial charge in [0, 0.05) is 26.2 Å². The van der Waals surface area contributed by atoms with Gasteiger partial charge in [0.25, 0.3) is 5.91 Å². The highest BCUT2D eigenvalue weighted by Crippen LogP contribution is 2.24. The Bertz CT molecular complexity index is 763. The zero-order valence-electron chi connectivity index (χ0n) is 15.5. The van der Waals surface area contributed by atoms with Crippen molar-refractivity contribution in [3.05, 3.63) is 64.7 Å². The highest BCUT2D eigenvalue weighted by molar-refractivity contribution is 6.32. The standard InChI is InChI=1S/C21H25ClN2O3/c1-16(27-20-8-3-2-7-19(20)22)21(25)23-14-17-5-4-6-18(13-17)15-24-9-11-26-12-10-24/h2-8,13,16H,9-12,14-15H2,1H3,(H,23,25)/t16-/m1/s1. The molecule has 1 atom stereocenters. The predicted molar refractivity (Wildman–Crippen MR) is 106 cm³/mol. The first kappa shape index (κ1) is 19.7. The van der Waals surface area contributed by atoms with Gasteiger partial charge in [-0.3, -0.25) is 9.69 Å². The number of halogens is 1. The van der Waals surface area contributed by atoms with Crippen molar-refractivity contribution < 1.29 is 14.3 Å². The van der Waals surface area contributed by atoms with E-state index in [0.717, 1.165) is 38.4 Å². The number of nitrogens with zero attached hydrogens (tertiary/aromatic N) is 1. The Labute approximate surface area is 165 Å². The van der Waals surface area contributed by atoms with Crippen LogP contribution in [0.5, 0.6) is 5.75 Å². The normalized spacial score (nSPS) is 15.9. The van der Waals surface area contributed by atoms with Crippen LogP contribution in [0.1, 0.15) is 18.1 Å². The van der Waals surface area contributed by atoms with Crippen LogP contribution < -0.4 is 10.1 Å². The molecule has 144 valence electrons. The molecule has 1 fully saturated rings. The Kier molecular flexibility index (Phi) is 7.10. The maximum Gasteiger partial charge on any atom is 0.261 e. The number of carbonyl (C=O) groups is 1. The van der Waals surface area contributed by atoms with Gasteiger partial charge in [-0.25, -0.2) is 0 Å². The number of nitrogens with one attached hydrogen (secondary N) is 1. The van der Waals surface area contributed by atoms with E-state index >= 15 is 0 Å². The number of benzene rings is 2. The van der Waals surface area contributed by atoms with Gasteiger partial charge in [0.2, 0.25) is 0 Å². The van der Waals surface area contributed by atoms with Crippen molar-refractivity contribution >= 4 is 17.5 Å². The van der Waals surface area contributed by atoms with E-state index in [2.05, 4.69) is 22.3 Å². The lowest BCUT2D eigenvalue weighted by Gasteiger charge is -2.26. The number of rotatable bonds is 7. The summed E-state index contributed by atoms with van der Waals surface area (Å²) in [6.45, 7) is 6.57. The number of ether oxygens (including phenoxy) is 2. The van der Waals surface area contributed by atoms with E-state index in [-0.39, 0.29) is 5.91 Å². The molecule has 0 aliphatic carbocycles. The molecule has 0 unspecified atom stereocenters. The van der Waals surface area contributed by atoms with Crippen LogP contribution in [0.15, 0.2) is 48.5 Å². The van der Waals surface area contributed by atoms with Crippen LogP contribution in [0.3, 0.4) is 0 Å². The summed E-state index contributed by atoms with van der Waals surface area (Å²) in [5, 5.41) is 3.42. The number of hydrogen-bond acceptors (Lipinski definition) is 4. The number of para-hydroxylation sites is 1. The lowest BCUT2D eigenvalue weighted by Crippen LogP contribution is -2.36. The van der Waals surface area contributed by atoms with Crippen LogP contribution in [-0.2, 0) is 22.6 Å². The van der Waals surface area contributed by atoms with Gasteiger partial charge in [0.1, 0.15) is 5.75 Å². The molecule has 6 heteroatoms. The van der Waals surface area contributed by atoms with Gasteiger partial charge >= 0.3 is 0 Å². The maximum absolute atomic E-state index is 12.3. The van der Waals surface area contributed by atoms with Crippen molar-refractivity contribution in [1.82, 2.24) is 10.2 Å². The maximum atomic E-state index is 12.3. The Morgan fingerprint density at radius 2 is 1.93 bits per heavy atom. The number of hydrogen-bond donors (Lipinski definition) is 1. The summed E-state index contributed by atoms with van der Waals surface area (Å²) in [6.07, 6.45) is -0.624. The van der Waals surface area contributed by atoms with Gasteiger partial charge in [-0.1, -0.05) is 48.0 Å². The molecule has 3 rings (SSSR count). The van der Waals surface area contributed by atoms with Gasteiger partial charge in [0.05, 0.1) is 18.2 Å². The van der Waals surface area contributed by atoms with Crippen LogP contribution >= 0.6 is 11.6 Å². The molecule has 1 amide bonds. The summed E-state index contributed by atoms with van der Waals surface area (Å²) >= 11 is 6.07. The lowest BCUT2D eigenvalue weighted by atomic mass is 10.1. The zero-order valence-corrected chi connectivity index (χ0v) is 16.2. The molecule has 0 saturated carbocycles. The van der Waals surface area contributed by atoms with Crippen LogP contribution in [-0.4, -0.2) is 43.2 Å². The topological polar surface area (TPSA) is 50.8 Å². The van der Waals surface area contributed by atoms with Crippen molar-refractivity contribution in [3.8, 4) is 5.75 Å². The Balaban J connectivity index is 1.50. The van der Waals surface area contributed by atoms with Gasteiger partial charge in [0.15, 0.2) is 6.10 Å². The van der Waals surface area contributed by atoms with Crippen molar-refractivity contribution in [3.63, 3.8) is 0 Å². The van der Waals surface area contributed by atoms with E-state index < -0.39 is 6.10 Å². The fourth-order valence-electron chi connectivity index (χ4n) is 2.97. The largest absolute Gasteiger partial charge is 0.479 e. The third kappa shape index (κ3) is 5.96. The van der Waals surface area contributed by atoms with Gasteiger partial charge in [-0.05, 0) is 30.2 Å². The third-order valence-electron chi connectivity index (χ3n) is 4.48. The highest BCUT2D eigenvalue weighted by atomic mass is 35.5. The summed E-state index contributed by atoms with van der Waals surface area (Å²) in [4.78, 5) is 14.7. The van der Waals surface area contributed by atoms with Gasteiger partial charge < -0.3 is 14.8 Å². The van der Waals surface area contributed by atoms with Crippen molar-refractivity contribution in [2.75, 3.05) is 26.3 Å². The summed E-state index contributed by atoms with van der Waals surface area (Å²) in [7, 11) is 0. The molecule has 2 aromatic carbocycles. The van der Waals surface area contributed by atoms with Crippen molar-refractivity contribution in [2.24, 2.45) is 0 Å². The first-order valence-electron chi connectivity index (χ1n) is 9.18. The molecule has 0 radical (unpaired) electrons. The summed E-state index contributed by atoms with van der Waals surface area (Å²) in [5.41, 5.74) is 2.31. The molecule has 0 spiro atoms. The molecule has 0 aromatic heterocycles. The number of carbonyl (C=O) groups excluding carboxylic acids is 1. The fourth-order valence-corrected chi connectivity index (χ4v) is 3.15. The Morgan fingerprint density at radius 3 is 2.70 bits per heavy atom. The van der Waals surface area contributed by atoms with E-state index in [1.807, 2.05) is 24.3 Å². The second kappa shape index (κ2) is 9.74. The van der Waals surface area contributed by atoms with E-state index in [4.69, 9.17) is 21.1 Å². The van der Waals surface area contributed by atoms with E-state index in [1.54, 1.807) is 19.1 Å². The quantitative estimate of drug-likeness (QED) is 0.791. The minimum Gasteiger partial charge on any atom is -0.479 e. The zero-order chi connectivity index (χ0) is 19.1. The Morgan fingerprint density at radius 1 is 1.19 bits per heavy atom. The first-order chi connectivity index (χ1) is 13.1.